The molecule has 128 valence electrons. The zero-order valence-electron chi connectivity index (χ0n) is 13.1. The van der Waals surface area contributed by atoms with Gasteiger partial charge < -0.3 is 5.11 Å². The second kappa shape index (κ2) is 7.47. The quantitative estimate of drug-likeness (QED) is 0.348. The lowest BCUT2D eigenvalue weighted by Crippen LogP contribution is -1.89. The fourth-order valence-corrected chi connectivity index (χ4v) is 3.29. The molecule has 0 fully saturated rings. The van der Waals surface area contributed by atoms with Crippen molar-refractivity contribution in [3.63, 3.8) is 0 Å². The Morgan fingerprint density at radius 3 is 2.69 bits per heavy atom. The standard InChI is InChI=1S/C18H10BrN3O3S/c19-14-4-2-12(3-5-14)15-10-26-18(21-15)13(9-20)7-11-1-6-17(23)16(8-11)22(24)25/h1-8,10,23H. The molecule has 0 unspecified atom stereocenters. The molecule has 2 aromatic carbocycles. The maximum absolute atomic E-state index is 10.9. The van der Waals surface area contributed by atoms with Gasteiger partial charge >= 0.3 is 5.69 Å². The van der Waals surface area contributed by atoms with Crippen molar-refractivity contribution in [1.29, 1.82) is 5.26 Å². The number of nitro groups is 1. The average molecular weight is 428 g/mol. The minimum Gasteiger partial charge on any atom is -0.502 e. The molecule has 0 spiro atoms. The van der Waals surface area contributed by atoms with Crippen LogP contribution in [0.5, 0.6) is 5.75 Å². The van der Waals surface area contributed by atoms with E-state index in [1.54, 1.807) is 0 Å². The smallest absolute Gasteiger partial charge is 0.311 e. The Kier molecular flexibility index (Phi) is 5.11. The van der Waals surface area contributed by atoms with Gasteiger partial charge in [0.15, 0.2) is 5.75 Å². The fraction of sp³-hybridized carbons (Fsp3) is 0. The van der Waals surface area contributed by atoms with E-state index < -0.39 is 16.4 Å². The molecule has 0 aliphatic heterocycles. The van der Waals surface area contributed by atoms with E-state index in [0.717, 1.165) is 15.7 Å². The van der Waals surface area contributed by atoms with Gasteiger partial charge in [0.1, 0.15) is 11.1 Å². The highest BCUT2D eigenvalue weighted by molar-refractivity contribution is 9.10. The van der Waals surface area contributed by atoms with Crippen LogP contribution in [-0.2, 0) is 0 Å². The SMILES string of the molecule is N#CC(=Cc1ccc(O)c([N+](=O)[O-])c1)c1nc(-c2ccc(Br)cc2)cs1. The molecule has 26 heavy (non-hydrogen) atoms. The zero-order chi connectivity index (χ0) is 18.7. The number of aromatic nitrogens is 1. The number of aromatic hydroxyl groups is 1. The van der Waals surface area contributed by atoms with E-state index in [2.05, 4.69) is 27.0 Å². The summed E-state index contributed by atoms with van der Waals surface area (Å²) in [6.45, 7) is 0. The van der Waals surface area contributed by atoms with Gasteiger partial charge in [-0.1, -0.05) is 34.1 Å². The predicted molar refractivity (Wildman–Crippen MR) is 103 cm³/mol. The second-order valence-electron chi connectivity index (χ2n) is 5.22. The molecule has 1 N–H and O–H groups in total. The molecule has 3 rings (SSSR count). The maximum atomic E-state index is 10.9. The van der Waals surface area contributed by atoms with E-state index >= 15 is 0 Å². The Morgan fingerprint density at radius 1 is 1.31 bits per heavy atom. The number of hydrogen-bond acceptors (Lipinski definition) is 6. The third-order valence-electron chi connectivity index (χ3n) is 3.50. The molecular weight excluding hydrogens is 418 g/mol. The maximum Gasteiger partial charge on any atom is 0.311 e. The number of thiazole rings is 1. The lowest BCUT2D eigenvalue weighted by molar-refractivity contribution is -0.385. The first-order chi connectivity index (χ1) is 12.5. The van der Waals surface area contributed by atoms with Gasteiger partial charge in [0.2, 0.25) is 0 Å². The molecule has 1 heterocycles. The van der Waals surface area contributed by atoms with Crippen LogP contribution in [0.1, 0.15) is 10.6 Å². The van der Waals surface area contributed by atoms with E-state index in [9.17, 15) is 20.5 Å². The summed E-state index contributed by atoms with van der Waals surface area (Å²) in [5.41, 5.74) is 1.99. The zero-order valence-corrected chi connectivity index (χ0v) is 15.5. The van der Waals surface area contributed by atoms with Crippen molar-refractivity contribution in [2.24, 2.45) is 0 Å². The summed E-state index contributed by atoms with van der Waals surface area (Å²) in [4.78, 5) is 14.7. The summed E-state index contributed by atoms with van der Waals surface area (Å²) in [6, 6.07) is 13.7. The number of phenols is 1. The fourth-order valence-electron chi connectivity index (χ4n) is 2.24. The summed E-state index contributed by atoms with van der Waals surface area (Å²) in [6.07, 6.45) is 1.51. The molecule has 8 heteroatoms. The number of hydrogen-bond donors (Lipinski definition) is 1. The summed E-state index contributed by atoms with van der Waals surface area (Å²) in [5, 5.41) is 32.3. The van der Waals surface area contributed by atoms with E-state index in [0.29, 0.717) is 16.1 Å². The van der Waals surface area contributed by atoms with Crippen LogP contribution in [0.2, 0.25) is 0 Å². The third-order valence-corrected chi connectivity index (χ3v) is 4.91. The molecule has 0 atom stereocenters. The number of nitrogens with zero attached hydrogens (tertiary/aromatic N) is 3. The van der Waals surface area contributed by atoms with E-state index in [1.807, 2.05) is 29.6 Å². The molecule has 0 saturated heterocycles. The van der Waals surface area contributed by atoms with Crippen molar-refractivity contribution >= 4 is 44.6 Å². The van der Waals surface area contributed by atoms with Crippen LogP contribution in [0.15, 0.2) is 52.3 Å². The molecule has 6 nitrogen and oxygen atoms in total. The van der Waals surface area contributed by atoms with Crippen LogP contribution in [-0.4, -0.2) is 15.0 Å². The van der Waals surface area contributed by atoms with Gasteiger partial charge in [0, 0.05) is 21.5 Å². The van der Waals surface area contributed by atoms with Crippen molar-refractivity contribution in [1.82, 2.24) is 4.98 Å². The number of benzene rings is 2. The van der Waals surface area contributed by atoms with Crippen molar-refractivity contribution < 1.29 is 10.0 Å². The van der Waals surface area contributed by atoms with E-state index in [-0.39, 0.29) is 0 Å². The average Bonchev–Trinajstić information content (AvgIpc) is 3.11. The highest BCUT2D eigenvalue weighted by Gasteiger charge is 2.14. The number of phenolic OH excluding ortho intramolecular Hbond substituents is 1. The van der Waals surface area contributed by atoms with Crippen molar-refractivity contribution in [3.8, 4) is 23.1 Å². The number of halogens is 1. The monoisotopic (exact) mass is 427 g/mol. The molecule has 0 aliphatic rings. The molecule has 3 aromatic rings. The van der Waals surface area contributed by atoms with E-state index in [1.165, 1.54) is 35.6 Å². The van der Waals surface area contributed by atoms with Crippen molar-refractivity contribution in [2.45, 2.75) is 0 Å². The summed E-state index contributed by atoms with van der Waals surface area (Å²) in [7, 11) is 0. The van der Waals surface area contributed by atoms with Crippen LogP contribution in [0, 0.1) is 21.4 Å². The molecule has 0 aliphatic carbocycles. The third kappa shape index (κ3) is 3.79. The number of nitriles is 1. The first-order valence-electron chi connectivity index (χ1n) is 7.29. The predicted octanol–water partition coefficient (Wildman–Crippen LogP) is 5.25. The Hall–Kier alpha value is -3.02. The van der Waals surface area contributed by atoms with Gasteiger partial charge in [-0.15, -0.1) is 11.3 Å². The summed E-state index contributed by atoms with van der Waals surface area (Å²) in [5.74, 6) is -0.419. The highest BCUT2D eigenvalue weighted by Crippen LogP contribution is 2.30. The first kappa shape index (κ1) is 17.8. The van der Waals surface area contributed by atoms with Gasteiger partial charge in [0.05, 0.1) is 16.2 Å². The topological polar surface area (TPSA) is 100 Å². The molecule has 0 saturated carbocycles. The largest absolute Gasteiger partial charge is 0.502 e. The molecular formula is C18H10BrN3O3S. The van der Waals surface area contributed by atoms with Crippen molar-refractivity contribution in [3.05, 3.63) is 73.0 Å². The molecule has 0 radical (unpaired) electrons. The Bertz CT molecular complexity index is 1050. The van der Waals surface area contributed by atoms with Gasteiger partial charge in [-0.3, -0.25) is 10.1 Å². The van der Waals surface area contributed by atoms with Crippen molar-refractivity contribution in [2.75, 3.05) is 0 Å². The minimum atomic E-state index is -0.673. The minimum absolute atomic E-state index is 0.290. The van der Waals surface area contributed by atoms with Gasteiger partial charge in [-0.2, -0.15) is 5.26 Å². The van der Waals surface area contributed by atoms with Crippen LogP contribution in [0.25, 0.3) is 22.9 Å². The highest BCUT2D eigenvalue weighted by atomic mass is 79.9. The summed E-state index contributed by atoms with van der Waals surface area (Å²) < 4.78 is 0.961. The number of nitro benzene ring substituents is 1. The first-order valence-corrected chi connectivity index (χ1v) is 8.96. The second-order valence-corrected chi connectivity index (χ2v) is 6.99. The normalized spacial score (nSPS) is 11.2. The number of rotatable bonds is 4. The lowest BCUT2D eigenvalue weighted by atomic mass is 10.1. The Morgan fingerprint density at radius 2 is 2.04 bits per heavy atom. The van der Waals surface area contributed by atoms with E-state index in [4.69, 9.17) is 0 Å². The molecule has 0 amide bonds. The van der Waals surface area contributed by atoms with Gasteiger partial charge in [0.25, 0.3) is 0 Å². The van der Waals surface area contributed by atoms with Crippen LogP contribution >= 0.6 is 27.3 Å². The molecule has 1 aromatic heterocycles. The Labute approximate surface area is 161 Å². The Balaban J connectivity index is 1.96. The summed E-state index contributed by atoms with van der Waals surface area (Å²) >= 11 is 4.70. The van der Waals surface area contributed by atoms with Gasteiger partial charge in [-0.25, -0.2) is 4.98 Å². The van der Waals surface area contributed by atoms with Gasteiger partial charge in [-0.05, 0) is 29.8 Å². The number of allylic oxidation sites excluding steroid dienone is 1. The van der Waals surface area contributed by atoms with Crippen LogP contribution < -0.4 is 0 Å². The molecule has 0 bridgehead atoms. The van der Waals surface area contributed by atoms with Crippen LogP contribution in [0.4, 0.5) is 5.69 Å². The lowest BCUT2D eigenvalue weighted by Gasteiger charge is -1.99. The van der Waals surface area contributed by atoms with Crippen LogP contribution in [0.3, 0.4) is 0 Å².